The van der Waals surface area contributed by atoms with Crippen molar-refractivity contribution >= 4 is 26.0 Å². The smallest absolute Gasteiger partial charge is 0.243 e. The maximum Gasteiger partial charge on any atom is 0.243 e. The van der Waals surface area contributed by atoms with Crippen LogP contribution in [0, 0.1) is 0 Å². The molecule has 0 aliphatic carbocycles. The topological polar surface area (TPSA) is 90.2 Å². The minimum Gasteiger partial charge on any atom is -0.473 e. The van der Waals surface area contributed by atoms with Gasteiger partial charge in [0.1, 0.15) is 6.10 Å². The van der Waals surface area contributed by atoms with E-state index in [9.17, 15) is 8.42 Å². The Morgan fingerprint density at radius 3 is 2.39 bits per heavy atom. The average Bonchev–Trinajstić information content (AvgIpc) is 3.24. The van der Waals surface area contributed by atoms with Crippen molar-refractivity contribution in [2.75, 3.05) is 13.1 Å². The Morgan fingerprint density at radius 2 is 1.79 bits per heavy atom. The molecular weight excluding hydrogens is 446 g/mol. The van der Waals surface area contributed by atoms with Crippen LogP contribution in [0.1, 0.15) is 12.8 Å². The Kier molecular flexibility index (Phi) is 5.42. The van der Waals surface area contributed by atoms with Gasteiger partial charge in [0, 0.05) is 36.0 Å². The van der Waals surface area contributed by atoms with Gasteiger partial charge in [-0.05, 0) is 49.2 Å². The largest absolute Gasteiger partial charge is 0.473 e. The molecule has 3 heterocycles. The van der Waals surface area contributed by atoms with Gasteiger partial charge in [-0.15, -0.1) is 10.2 Å². The van der Waals surface area contributed by atoms with Gasteiger partial charge < -0.3 is 4.74 Å². The molecule has 1 saturated heterocycles. The Balaban J connectivity index is 1.36. The maximum absolute atomic E-state index is 12.8. The number of halogens is 1. The highest BCUT2D eigenvalue weighted by Gasteiger charge is 2.30. The summed E-state index contributed by atoms with van der Waals surface area (Å²) >= 11 is 3.32. The third kappa shape index (κ3) is 4.08. The molecule has 2 aromatic heterocycles. The van der Waals surface area contributed by atoms with Gasteiger partial charge in [-0.25, -0.2) is 13.1 Å². The lowest BCUT2D eigenvalue weighted by Crippen LogP contribution is -2.41. The van der Waals surface area contributed by atoms with Crippen LogP contribution in [-0.4, -0.2) is 51.9 Å². The van der Waals surface area contributed by atoms with E-state index in [2.05, 4.69) is 31.2 Å². The molecule has 0 bridgehead atoms. The third-order valence-electron chi connectivity index (χ3n) is 4.50. The molecule has 0 radical (unpaired) electrons. The summed E-state index contributed by atoms with van der Waals surface area (Å²) in [4.78, 5) is 0.301. The zero-order valence-electron chi connectivity index (χ0n) is 14.8. The molecule has 10 heteroatoms. The number of hydrogen-bond donors (Lipinski definition) is 0. The Morgan fingerprint density at radius 1 is 1.04 bits per heavy atom. The number of piperidine rings is 1. The minimum atomic E-state index is -3.49. The summed E-state index contributed by atoms with van der Waals surface area (Å²) < 4.78 is 35.3. The molecule has 4 rings (SSSR count). The summed E-state index contributed by atoms with van der Waals surface area (Å²) in [6.45, 7) is 0.809. The zero-order chi connectivity index (χ0) is 19.6. The second-order valence-electron chi connectivity index (χ2n) is 6.36. The Hall–Kier alpha value is -2.30. The fourth-order valence-corrected chi connectivity index (χ4v) is 4.75. The van der Waals surface area contributed by atoms with E-state index in [1.165, 1.54) is 4.31 Å². The van der Waals surface area contributed by atoms with Gasteiger partial charge in [-0.1, -0.05) is 15.9 Å². The van der Waals surface area contributed by atoms with Crippen molar-refractivity contribution in [1.82, 2.24) is 24.3 Å². The van der Waals surface area contributed by atoms with E-state index in [0.29, 0.717) is 42.5 Å². The lowest BCUT2D eigenvalue weighted by Gasteiger charge is -2.31. The number of aromatic nitrogens is 4. The van der Waals surface area contributed by atoms with Gasteiger partial charge in [0.25, 0.3) is 0 Å². The van der Waals surface area contributed by atoms with Gasteiger partial charge >= 0.3 is 0 Å². The van der Waals surface area contributed by atoms with Gasteiger partial charge in [0.2, 0.25) is 15.9 Å². The van der Waals surface area contributed by atoms with Crippen LogP contribution < -0.4 is 4.74 Å². The van der Waals surface area contributed by atoms with Crippen LogP contribution in [0.4, 0.5) is 0 Å². The molecule has 28 heavy (non-hydrogen) atoms. The molecule has 8 nitrogen and oxygen atoms in total. The molecule has 1 aliphatic heterocycles. The van der Waals surface area contributed by atoms with E-state index in [-0.39, 0.29) is 6.10 Å². The SMILES string of the molecule is O=S(=O)(c1ccc(Br)cc1)N1CCC(Oc2ccc(-n3cccn3)nn2)CC1. The van der Waals surface area contributed by atoms with Crippen LogP contribution in [0.25, 0.3) is 5.82 Å². The van der Waals surface area contributed by atoms with E-state index in [0.717, 1.165) is 4.47 Å². The molecule has 0 saturated carbocycles. The second-order valence-corrected chi connectivity index (χ2v) is 9.21. The fourth-order valence-electron chi connectivity index (χ4n) is 3.02. The van der Waals surface area contributed by atoms with Crippen molar-refractivity contribution in [3.8, 4) is 11.7 Å². The Labute approximate surface area is 171 Å². The summed E-state index contributed by atoms with van der Waals surface area (Å²) in [5.41, 5.74) is 0. The summed E-state index contributed by atoms with van der Waals surface area (Å²) in [6.07, 6.45) is 4.55. The maximum atomic E-state index is 12.8. The van der Waals surface area contributed by atoms with E-state index in [4.69, 9.17) is 4.74 Å². The first kappa shape index (κ1) is 19.0. The van der Waals surface area contributed by atoms with Gasteiger partial charge in [0.05, 0.1) is 4.90 Å². The quantitative estimate of drug-likeness (QED) is 0.577. The van der Waals surface area contributed by atoms with Crippen LogP contribution in [0.15, 0.2) is 64.2 Å². The molecule has 146 valence electrons. The van der Waals surface area contributed by atoms with E-state index in [1.54, 1.807) is 53.5 Å². The number of hydrogen-bond acceptors (Lipinski definition) is 6. The predicted octanol–water partition coefficient (Wildman–Crippen LogP) is 2.66. The molecule has 0 atom stereocenters. The van der Waals surface area contributed by atoms with E-state index < -0.39 is 10.0 Å². The predicted molar refractivity (Wildman–Crippen MR) is 106 cm³/mol. The first-order valence-electron chi connectivity index (χ1n) is 8.78. The number of benzene rings is 1. The first-order chi connectivity index (χ1) is 13.5. The average molecular weight is 464 g/mol. The van der Waals surface area contributed by atoms with Crippen molar-refractivity contribution in [2.24, 2.45) is 0 Å². The molecule has 1 aliphatic rings. The van der Waals surface area contributed by atoms with Crippen LogP contribution in [-0.2, 0) is 10.0 Å². The van der Waals surface area contributed by atoms with Crippen LogP contribution in [0.3, 0.4) is 0 Å². The molecule has 0 N–H and O–H groups in total. The number of rotatable bonds is 5. The number of nitrogens with zero attached hydrogens (tertiary/aromatic N) is 5. The monoisotopic (exact) mass is 463 g/mol. The summed E-state index contributed by atoms with van der Waals surface area (Å²) in [6, 6.07) is 12.0. The minimum absolute atomic E-state index is 0.0961. The van der Waals surface area contributed by atoms with Crippen LogP contribution in [0.5, 0.6) is 5.88 Å². The van der Waals surface area contributed by atoms with E-state index >= 15 is 0 Å². The summed E-state index contributed by atoms with van der Waals surface area (Å²) in [5.74, 6) is 1.03. The standard InChI is InChI=1S/C18H18BrN5O3S/c19-14-2-4-16(5-3-14)28(25,26)23-12-8-15(9-13-23)27-18-7-6-17(21-22-18)24-11-1-10-20-24/h1-7,10-11,15H,8-9,12-13H2. The summed E-state index contributed by atoms with van der Waals surface area (Å²) in [5, 5.41) is 12.3. The van der Waals surface area contributed by atoms with Crippen molar-refractivity contribution in [3.05, 3.63) is 59.3 Å². The van der Waals surface area contributed by atoms with E-state index in [1.807, 2.05) is 6.07 Å². The lowest BCUT2D eigenvalue weighted by molar-refractivity contribution is 0.128. The molecule has 0 unspecified atom stereocenters. The number of ether oxygens (including phenoxy) is 1. The van der Waals surface area contributed by atoms with Crippen molar-refractivity contribution in [1.29, 1.82) is 0 Å². The molecule has 1 fully saturated rings. The van der Waals surface area contributed by atoms with Crippen molar-refractivity contribution < 1.29 is 13.2 Å². The van der Waals surface area contributed by atoms with Crippen molar-refractivity contribution in [2.45, 2.75) is 23.8 Å². The van der Waals surface area contributed by atoms with Crippen LogP contribution >= 0.6 is 15.9 Å². The molecule has 0 amide bonds. The third-order valence-corrected chi connectivity index (χ3v) is 6.95. The van der Waals surface area contributed by atoms with Gasteiger partial charge in [0.15, 0.2) is 5.82 Å². The fraction of sp³-hybridized carbons (Fsp3) is 0.278. The van der Waals surface area contributed by atoms with Crippen molar-refractivity contribution in [3.63, 3.8) is 0 Å². The number of sulfonamides is 1. The van der Waals surface area contributed by atoms with Gasteiger partial charge in [-0.3, -0.25) is 0 Å². The highest BCUT2D eigenvalue weighted by molar-refractivity contribution is 9.10. The molecule has 3 aromatic rings. The lowest BCUT2D eigenvalue weighted by atomic mass is 10.1. The zero-order valence-corrected chi connectivity index (χ0v) is 17.3. The second kappa shape index (κ2) is 7.98. The molecule has 0 spiro atoms. The Bertz CT molecular complexity index is 1020. The molecule has 1 aromatic carbocycles. The molecular formula is C18H18BrN5O3S. The first-order valence-corrected chi connectivity index (χ1v) is 11.0. The highest BCUT2D eigenvalue weighted by Crippen LogP contribution is 2.24. The van der Waals surface area contributed by atoms with Gasteiger partial charge in [-0.2, -0.15) is 9.40 Å². The summed E-state index contributed by atoms with van der Waals surface area (Å²) in [7, 11) is -3.49. The normalized spacial score (nSPS) is 16.2. The highest BCUT2D eigenvalue weighted by atomic mass is 79.9. The van der Waals surface area contributed by atoms with Crippen LogP contribution in [0.2, 0.25) is 0 Å².